The van der Waals surface area contributed by atoms with Crippen LogP contribution in [0.4, 0.5) is 0 Å². The molecule has 0 radical (unpaired) electrons. The Morgan fingerprint density at radius 3 is 2.77 bits per heavy atom. The molecule has 3 heteroatoms. The van der Waals surface area contributed by atoms with Gasteiger partial charge >= 0.3 is 0 Å². The van der Waals surface area contributed by atoms with Gasteiger partial charge in [-0.2, -0.15) is 5.26 Å². The lowest BCUT2D eigenvalue weighted by atomic mass is 9.96. The summed E-state index contributed by atoms with van der Waals surface area (Å²) in [5.74, 6) is 0.628. The van der Waals surface area contributed by atoms with E-state index in [2.05, 4.69) is 4.98 Å². The molecule has 0 spiro atoms. The highest BCUT2D eigenvalue weighted by Crippen LogP contribution is 2.23. The van der Waals surface area contributed by atoms with Crippen molar-refractivity contribution in [2.24, 2.45) is 0 Å². The van der Waals surface area contributed by atoms with Gasteiger partial charge in [-0.25, -0.2) is 4.98 Å². The van der Waals surface area contributed by atoms with Crippen LogP contribution < -0.4 is 4.74 Å². The first-order chi connectivity index (χ1) is 6.38. The Labute approximate surface area is 77.0 Å². The van der Waals surface area contributed by atoms with Gasteiger partial charge in [-0.1, -0.05) is 0 Å². The van der Waals surface area contributed by atoms with Gasteiger partial charge in [0.25, 0.3) is 0 Å². The fourth-order valence-electron chi connectivity index (χ4n) is 1.18. The summed E-state index contributed by atoms with van der Waals surface area (Å²) in [6, 6.07) is 5.49. The smallest absolute Gasteiger partial charge is 0.213 e. The molecule has 13 heavy (non-hydrogen) atoms. The van der Waals surface area contributed by atoms with Crippen LogP contribution >= 0.6 is 0 Å². The van der Waals surface area contributed by atoms with E-state index in [4.69, 9.17) is 10.00 Å². The van der Waals surface area contributed by atoms with Crippen LogP contribution in [-0.2, 0) is 0 Å². The van der Waals surface area contributed by atoms with Crippen molar-refractivity contribution in [2.45, 2.75) is 25.4 Å². The first-order valence-corrected chi connectivity index (χ1v) is 4.41. The highest BCUT2D eigenvalue weighted by Gasteiger charge is 2.19. The molecule has 3 nitrogen and oxygen atoms in total. The second kappa shape index (κ2) is 3.44. The molecule has 1 aliphatic carbocycles. The Kier molecular flexibility index (Phi) is 2.13. The molecule has 0 aliphatic heterocycles. The van der Waals surface area contributed by atoms with Crippen molar-refractivity contribution in [1.29, 1.82) is 5.26 Å². The van der Waals surface area contributed by atoms with Gasteiger partial charge in [-0.05, 0) is 25.3 Å². The zero-order valence-electron chi connectivity index (χ0n) is 7.23. The number of ether oxygens (including phenoxy) is 1. The first-order valence-electron chi connectivity index (χ1n) is 4.41. The van der Waals surface area contributed by atoms with E-state index in [-0.39, 0.29) is 0 Å². The molecule has 0 saturated heterocycles. The third-order valence-electron chi connectivity index (χ3n) is 2.21. The van der Waals surface area contributed by atoms with E-state index in [1.165, 1.54) is 12.6 Å². The molecule has 0 bridgehead atoms. The quantitative estimate of drug-likeness (QED) is 0.687. The van der Waals surface area contributed by atoms with Crippen molar-refractivity contribution >= 4 is 0 Å². The lowest BCUT2D eigenvalue weighted by molar-refractivity contribution is 0.114. The summed E-state index contributed by atoms with van der Waals surface area (Å²) in [6.07, 6.45) is 5.39. The third-order valence-corrected chi connectivity index (χ3v) is 2.21. The zero-order chi connectivity index (χ0) is 9.10. The minimum Gasteiger partial charge on any atom is -0.474 e. The molecule has 0 amide bonds. The summed E-state index contributed by atoms with van der Waals surface area (Å²) in [5, 5.41) is 8.54. The standard InChI is InChI=1S/C10H10N2O/c11-6-8-4-5-10(12-7-8)13-9-2-1-3-9/h4-5,7,9H,1-3H2. The molecule has 1 aromatic heterocycles. The van der Waals surface area contributed by atoms with Crippen LogP contribution in [0.5, 0.6) is 5.88 Å². The average molecular weight is 174 g/mol. The van der Waals surface area contributed by atoms with E-state index in [9.17, 15) is 0 Å². The van der Waals surface area contributed by atoms with Gasteiger partial charge in [0, 0.05) is 12.3 Å². The van der Waals surface area contributed by atoms with E-state index < -0.39 is 0 Å². The molecule has 1 heterocycles. The zero-order valence-corrected chi connectivity index (χ0v) is 7.23. The van der Waals surface area contributed by atoms with Crippen LogP contribution in [0.25, 0.3) is 0 Å². The van der Waals surface area contributed by atoms with E-state index in [0.29, 0.717) is 17.5 Å². The van der Waals surface area contributed by atoms with Crippen molar-refractivity contribution in [2.75, 3.05) is 0 Å². The summed E-state index contributed by atoms with van der Waals surface area (Å²) < 4.78 is 5.53. The highest BCUT2D eigenvalue weighted by atomic mass is 16.5. The first kappa shape index (κ1) is 8.06. The molecular weight excluding hydrogens is 164 g/mol. The minimum absolute atomic E-state index is 0.348. The normalized spacial score (nSPS) is 15.9. The molecule has 1 fully saturated rings. The average Bonchev–Trinajstić information content (AvgIpc) is 2.12. The van der Waals surface area contributed by atoms with Crippen LogP contribution in [0.3, 0.4) is 0 Å². The van der Waals surface area contributed by atoms with Crippen molar-refractivity contribution < 1.29 is 4.74 Å². The fraction of sp³-hybridized carbons (Fsp3) is 0.400. The van der Waals surface area contributed by atoms with Gasteiger partial charge in [0.2, 0.25) is 5.88 Å². The maximum Gasteiger partial charge on any atom is 0.213 e. The molecule has 0 unspecified atom stereocenters. The van der Waals surface area contributed by atoms with Gasteiger partial charge in [0.05, 0.1) is 5.56 Å². The monoisotopic (exact) mass is 174 g/mol. The summed E-state index contributed by atoms with van der Waals surface area (Å²) in [4.78, 5) is 4.03. The third kappa shape index (κ3) is 1.78. The van der Waals surface area contributed by atoms with Crippen LogP contribution in [0, 0.1) is 11.3 Å². The maximum atomic E-state index is 8.54. The Morgan fingerprint density at radius 1 is 1.46 bits per heavy atom. The SMILES string of the molecule is N#Cc1ccc(OC2CCC2)nc1. The van der Waals surface area contributed by atoms with Gasteiger partial charge in [0.1, 0.15) is 12.2 Å². The lowest BCUT2D eigenvalue weighted by Gasteiger charge is -2.25. The lowest BCUT2D eigenvalue weighted by Crippen LogP contribution is -2.24. The highest BCUT2D eigenvalue weighted by molar-refractivity contribution is 5.28. The number of hydrogen-bond acceptors (Lipinski definition) is 3. The largest absolute Gasteiger partial charge is 0.474 e. The van der Waals surface area contributed by atoms with Gasteiger partial charge < -0.3 is 4.74 Å². The summed E-state index contributed by atoms with van der Waals surface area (Å²) in [6.45, 7) is 0. The molecule has 1 aliphatic rings. The minimum atomic E-state index is 0.348. The Hall–Kier alpha value is -1.56. The maximum absolute atomic E-state index is 8.54. The predicted octanol–water partition coefficient (Wildman–Crippen LogP) is 1.88. The molecule has 0 atom stereocenters. The molecule has 66 valence electrons. The summed E-state index contributed by atoms with van der Waals surface area (Å²) in [7, 11) is 0. The van der Waals surface area contributed by atoms with E-state index in [0.717, 1.165) is 12.8 Å². The van der Waals surface area contributed by atoms with E-state index >= 15 is 0 Å². The molecule has 0 aromatic carbocycles. The van der Waals surface area contributed by atoms with Crippen LogP contribution in [0.2, 0.25) is 0 Å². The predicted molar refractivity (Wildman–Crippen MR) is 47.2 cm³/mol. The number of aromatic nitrogens is 1. The van der Waals surface area contributed by atoms with E-state index in [1.54, 1.807) is 12.1 Å². The van der Waals surface area contributed by atoms with Gasteiger partial charge in [-0.3, -0.25) is 0 Å². The number of hydrogen-bond donors (Lipinski definition) is 0. The molecule has 0 N–H and O–H groups in total. The second-order valence-electron chi connectivity index (χ2n) is 3.17. The number of nitriles is 1. The summed E-state index contributed by atoms with van der Waals surface area (Å²) >= 11 is 0. The van der Waals surface area contributed by atoms with Crippen LogP contribution in [0.1, 0.15) is 24.8 Å². The Bertz CT molecular complexity index is 322. The molecular formula is C10H10N2O. The van der Waals surface area contributed by atoms with Crippen molar-refractivity contribution in [3.8, 4) is 11.9 Å². The summed E-state index contributed by atoms with van der Waals surface area (Å²) in [5.41, 5.74) is 0.570. The second-order valence-corrected chi connectivity index (χ2v) is 3.17. The van der Waals surface area contributed by atoms with Crippen LogP contribution in [0.15, 0.2) is 18.3 Å². The van der Waals surface area contributed by atoms with Gasteiger partial charge in [0.15, 0.2) is 0 Å². The fourth-order valence-corrected chi connectivity index (χ4v) is 1.18. The van der Waals surface area contributed by atoms with Crippen molar-refractivity contribution in [1.82, 2.24) is 4.98 Å². The van der Waals surface area contributed by atoms with Gasteiger partial charge in [-0.15, -0.1) is 0 Å². The number of nitrogens with zero attached hydrogens (tertiary/aromatic N) is 2. The molecule has 1 aromatic rings. The van der Waals surface area contributed by atoms with Crippen molar-refractivity contribution in [3.63, 3.8) is 0 Å². The van der Waals surface area contributed by atoms with E-state index in [1.807, 2.05) is 6.07 Å². The molecule has 2 rings (SSSR count). The van der Waals surface area contributed by atoms with Crippen molar-refractivity contribution in [3.05, 3.63) is 23.9 Å². The topological polar surface area (TPSA) is 45.9 Å². The number of rotatable bonds is 2. The van der Waals surface area contributed by atoms with Crippen LogP contribution in [-0.4, -0.2) is 11.1 Å². The number of pyridine rings is 1. The Morgan fingerprint density at radius 2 is 2.31 bits per heavy atom. The Balaban J connectivity index is 2.01. The molecule has 1 saturated carbocycles.